The molecule has 1 heterocycles. The standard InChI is InChI=1S/C22H14F5NO/c23-17-2-1-3-18(24)20(17)21-28-19(12-29-21)15-6-4-13(5-7-15)14-8-10-16(11-9-14)22(25,26)27/h1-11,19H,12H2/t19-/m0/s1. The van der Waals surface area contributed by atoms with Crippen molar-refractivity contribution in [2.75, 3.05) is 6.61 Å². The van der Waals surface area contributed by atoms with Crippen LogP contribution >= 0.6 is 0 Å². The van der Waals surface area contributed by atoms with Gasteiger partial charge in [-0.2, -0.15) is 13.2 Å². The zero-order valence-corrected chi connectivity index (χ0v) is 14.9. The zero-order chi connectivity index (χ0) is 20.6. The van der Waals surface area contributed by atoms with Crippen LogP contribution in [0.2, 0.25) is 0 Å². The molecule has 1 aliphatic rings. The molecule has 0 saturated heterocycles. The summed E-state index contributed by atoms with van der Waals surface area (Å²) in [6.45, 7) is 0.142. The molecular formula is C22H14F5NO. The molecule has 0 aliphatic carbocycles. The van der Waals surface area contributed by atoms with Crippen LogP contribution in [-0.4, -0.2) is 12.5 Å². The van der Waals surface area contributed by atoms with Crippen LogP contribution in [0.15, 0.2) is 71.7 Å². The van der Waals surface area contributed by atoms with E-state index in [1.165, 1.54) is 18.2 Å². The first-order chi connectivity index (χ1) is 13.8. The Bertz CT molecular complexity index is 1040. The van der Waals surface area contributed by atoms with Crippen molar-refractivity contribution in [1.82, 2.24) is 0 Å². The van der Waals surface area contributed by atoms with Gasteiger partial charge < -0.3 is 4.74 Å². The van der Waals surface area contributed by atoms with Crippen molar-refractivity contribution in [1.29, 1.82) is 0 Å². The molecule has 0 N–H and O–H groups in total. The lowest BCUT2D eigenvalue weighted by Gasteiger charge is -2.09. The molecule has 4 rings (SSSR count). The maximum atomic E-state index is 13.9. The molecule has 3 aromatic rings. The van der Waals surface area contributed by atoms with Crippen LogP contribution in [0.1, 0.15) is 22.7 Å². The summed E-state index contributed by atoms with van der Waals surface area (Å²) < 4.78 is 71.2. The summed E-state index contributed by atoms with van der Waals surface area (Å²) in [6.07, 6.45) is -4.38. The molecule has 0 fully saturated rings. The zero-order valence-electron chi connectivity index (χ0n) is 14.9. The lowest BCUT2D eigenvalue weighted by molar-refractivity contribution is -0.137. The van der Waals surface area contributed by atoms with Crippen molar-refractivity contribution in [3.63, 3.8) is 0 Å². The number of hydrogen-bond acceptors (Lipinski definition) is 2. The van der Waals surface area contributed by atoms with E-state index >= 15 is 0 Å². The van der Waals surface area contributed by atoms with Gasteiger partial charge in [-0.25, -0.2) is 13.8 Å². The van der Waals surface area contributed by atoms with Crippen LogP contribution in [-0.2, 0) is 10.9 Å². The molecule has 0 spiro atoms. The van der Waals surface area contributed by atoms with Gasteiger partial charge in [0, 0.05) is 0 Å². The lowest BCUT2D eigenvalue weighted by Crippen LogP contribution is -2.07. The van der Waals surface area contributed by atoms with Crippen LogP contribution in [0.5, 0.6) is 0 Å². The quantitative estimate of drug-likeness (QED) is 0.480. The molecule has 0 amide bonds. The van der Waals surface area contributed by atoms with Gasteiger partial charge in [0.05, 0.1) is 5.56 Å². The summed E-state index contributed by atoms with van der Waals surface area (Å²) in [4.78, 5) is 4.28. The molecule has 0 saturated carbocycles. The van der Waals surface area contributed by atoms with Gasteiger partial charge in [0.25, 0.3) is 0 Å². The second kappa shape index (κ2) is 7.31. The molecule has 0 aromatic heterocycles. The highest BCUT2D eigenvalue weighted by molar-refractivity contribution is 5.95. The first kappa shape index (κ1) is 19.1. The summed E-state index contributed by atoms with van der Waals surface area (Å²) >= 11 is 0. The van der Waals surface area contributed by atoms with Crippen LogP contribution in [0, 0.1) is 11.6 Å². The average Bonchev–Trinajstić information content (AvgIpc) is 3.17. The minimum atomic E-state index is -4.38. The lowest BCUT2D eigenvalue weighted by atomic mass is 10.0. The number of nitrogens with zero attached hydrogens (tertiary/aromatic N) is 1. The number of ether oxygens (including phenoxy) is 1. The van der Waals surface area contributed by atoms with Crippen LogP contribution in [0.3, 0.4) is 0 Å². The van der Waals surface area contributed by atoms with Crippen molar-refractivity contribution in [2.24, 2.45) is 4.99 Å². The minimum Gasteiger partial charge on any atom is -0.475 e. The van der Waals surface area contributed by atoms with Gasteiger partial charge in [-0.05, 0) is 41.0 Å². The third-order valence-electron chi connectivity index (χ3n) is 4.67. The molecular weight excluding hydrogens is 389 g/mol. The smallest absolute Gasteiger partial charge is 0.416 e. The van der Waals surface area contributed by atoms with Gasteiger partial charge in [-0.3, -0.25) is 0 Å². The van der Waals surface area contributed by atoms with Gasteiger partial charge in [0.15, 0.2) is 0 Å². The van der Waals surface area contributed by atoms with Crippen molar-refractivity contribution in [2.45, 2.75) is 12.2 Å². The van der Waals surface area contributed by atoms with E-state index in [1.54, 1.807) is 24.3 Å². The fraction of sp³-hybridized carbons (Fsp3) is 0.136. The molecule has 1 atom stereocenters. The molecule has 2 nitrogen and oxygen atoms in total. The molecule has 7 heteroatoms. The maximum Gasteiger partial charge on any atom is 0.416 e. The molecule has 0 radical (unpaired) electrons. The van der Waals surface area contributed by atoms with Crippen LogP contribution < -0.4 is 0 Å². The van der Waals surface area contributed by atoms with Gasteiger partial charge >= 0.3 is 6.18 Å². The van der Waals surface area contributed by atoms with Gasteiger partial charge in [-0.1, -0.05) is 42.5 Å². The normalized spacial score (nSPS) is 16.4. The third-order valence-corrected chi connectivity index (χ3v) is 4.67. The van der Waals surface area contributed by atoms with Gasteiger partial charge in [-0.15, -0.1) is 0 Å². The average molecular weight is 403 g/mol. The Labute approximate surface area is 163 Å². The first-order valence-corrected chi connectivity index (χ1v) is 8.75. The molecule has 0 unspecified atom stereocenters. The second-order valence-corrected chi connectivity index (χ2v) is 6.55. The molecule has 1 aliphatic heterocycles. The fourth-order valence-corrected chi connectivity index (χ4v) is 3.13. The third kappa shape index (κ3) is 3.85. The first-order valence-electron chi connectivity index (χ1n) is 8.75. The predicted octanol–water partition coefficient (Wildman–Crippen LogP) is 6.17. The highest BCUT2D eigenvalue weighted by Crippen LogP contribution is 2.32. The molecule has 3 aromatic carbocycles. The van der Waals surface area contributed by atoms with E-state index in [0.717, 1.165) is 35.4 Å². The molecule has 148 valence electrons. The number of halogens is 5. The monoisotopic (exact) mass is 403 g/mol. The number of aliphatic imine (C=N–C) groups is 1. The Kier molecular flexibility index (Phi) is 4.82. The predicted molar refractivity (Wildman–Crippen MR) is 98.5 cm³/mol. The van der Waals surface area contributed by atoms with Crippen molar-refractivity contribution in [3.05, 3.63) is 95.1 Å². The fourth-order valence-electron chi connectivity index (χ4n) is 3.13. The SMILES string of the molecule is Fc1cccc(F)c1C1=N[C@H](c2ccc(-c3ccc(C(F)(F)F)cc3)cc2)CO1. The Hall–Kier alpha value is -3.22. The number of alkyl halides is 3. The topological polar surface area (TPSA) is 21.6 Å². The Balaban J connectivity index is 1.55. The number of hydrogen-bond donors (Lipinski definition) is 0. The summed E-state index contributed by atoms with van der Waals surface area (Å²) in [5.41, 5.74) is 1.16. The van der Waals surface area contributed by atoms with E-state index in [0.29, 0.717) is 5.56 Å². The summed E-state index contributed by atoms with van der Waals surface area (Å²) in [7, 11) is 0. The Morgan fingerprint density at radius 3 is 1.90 bits per heavy atom. The second-order valence-electron chi connectivity index (χ2n) is 6.55. The van der Waals surface area contributed by atoms with Crippen LogP contribution in [0.4, 0.5) is 22.0 Å². The van der Waals surface area contributed by atoms with Crippen molar-refractivity contribution in [3.8, 4) is 11.1 Å². The number of benzene rings is 3. The minimum absolute atomic E-state index is 0.0857. The van der Waals surface area contributed by atoms with E-state index in [1.807, 2.05) is 0 Å². The summed E-state index contributed by atoms with van der Waals surface area (Å²) in [5.74, 6) is -1.58. The largest absolute Gasteiger partial charge is 0.475 e. The van der Waals surface area contributed by atoms with E-state index in [-0.39, 0.29) is 18.1 Å². The van der Waals surface area contributed by atoms with Crippen molar-refractivity contribution < 1.29 is 26.7 Å². The summed E-state index contributed by atoms with van der Waals surface area (Å²) in [5, 5.41) is 0. The molecule has 29 heavy (non-hydrogen) atoms. The van der Waals surface area contributed by atoms with E-state index in [4.69, 9.17) is 4.74 Å². The Morgan fingerprint density at radius 2 is 1.34 bits per heavy atom. The van der Waals surface area contributed by atoms with Crippen molar-refractivity contribution >= 4 is 5.90 Å². The summed E-state index contributed by atoms with van der Waals surface area (Å²) in [6, 6.07) is 15.1. The van der Waals surface area contributed by atoms with E-state index in [2.05, 4.69) is 4.99 Å². The maximum absolute atomic E-state index is 13.9. The van der Waals surface area contributed by atoms with E-state index in [9.17, 15) is 22.0 Å². The highest BCUT2D eigenvalue weighted by atomic mass is 19.4. The van der Waals surface area contributed by atoms with Crippen LogP contribution in [0.25, 0.3) is 11.1 Å². The number of rotatable bonds is 3. The molecule has 0 bridgehead atoms. The van der Waals surface area contributed by atoms with Gasteiger partial charge in [0.2, 0.25) is 5.90 Å². The Morgan fingerprint density at radius 1 is 0.793 bits per heavy atom. The van der Waals surface area contributed by atoms with Gasteiger partial charge in [0.1, 0.15) is 29.8 Å². The van der Waals surface area contributed by atoms with E-state index < -0.39 is 29.4 Å². The highest BCUT2D eigenvalue weighted by Gasteiger charge is 2.30.